The number of amides is 3. The van der Waals surface area contributed by atoms with E-state index < -0.39 is 0 Å². The SMILES string of the molecule is COc1ccc(Cl)cc1NC(=O)CCN1CCC(NC(=O)NC2CCCCC2)CC1. The van der Waals surface area contributed by atoms with Gasteiger partial charge in [-0.05, 0) is 43.9 Å². The Kier molecular flexibility index (Phi) is 8.63. The number of rotatable bonds is 7. The lowest BCUT2D eigenvalue weighted by Crippen LogP contribution is -2.50. The zero-order chi connectivity index (χ0) is 21.3. The van der Waals surface area contributed by atoms with Gasteiger partial charge in [-0.25, -0.2) is 4.79 Å². The lowest BCUT2D eigenvalue weighted by atomic mass is 9.96. The van der Waals surface area contributed by atoms with Crippen LogP contribution >= 0.6 is 11.6 Å². The Bertz CT molecular complexity index is 716. The number of methoxy groups -OCH3 is 1. The largest absolute Gasteiger partial charge is 0.495 e. The van der Waals surface area contributed by atoms with Gasteiger partial charge in [0.25, 0.3) is 0 Å². The van der Waals surface area contributed by atoms with Gasteiger partial charge in [-0.2, -0.15) is 0 Å². The molecule has 0 bridgehead atoms. The van der Waals surface area contributed by atoms with Crippen molar-refractivity contribution in [2.75, 3.05) is 32.1 Å². The van der Waals surface area contributed by atoms with E-state index in [2.05, 4.69) is 20.9 Å². The lowest BCUT2D eigenvalue weighted by Gasteiger charge is -2.32. The number of piperidine rings is 1. The highest BCUT2D eigenvalue weighted by molar-refractivity contribution is 6.31. The van der Waals surface area contributed by atoms with Crippen LogP contribution < -0.4 is 20.7 Å². The van der Waals surface area contributed by atoms with Crippen LogP contribution in [0, 0.1) is 0 Å². The van der Waals surface area contributed by atoms with Gasteiger partial charge in [-0.15, -0.1) is 0 Å². The molecule has 7 nitrogen and oxygen atoms in total. The van der Waals surface area contributed by atoms with Crippen LogP contribution in [0.2, 0.25) is 5.02 Å². The Hall–Kier alpha value is -1.99. The number of nitrogens with zero attached hydrogens (tertiary/aromatic N) is 1. The van der Waals surface area contributed by atoms with E-state index in [9.17, 15) is 9.59 Å². The van der Waals surface area contributed by atoms with Gasteiger partial charge in [0.2, 0.25) is 5.91 Å². The number of hydrogen-bond donors (Lipinski definition) is 3. The second kappa shape index (κ2) is 11.4. The summed E-state index contributed by atoms with van der Waals surface area (Å²) in [6.07, 6.45) is 8.09. The molecule has 0 aromatic heterocycles. The molecule has 1 aromatic rings. The van der Waals surface area contributed by atoms with Crippen LogP contribution in [0.15, 0.2) is 18.2 Å². The highest BCUT2D eigenvalue weighted by atomic mass is 35.5. The summed E-state index contributed by atoms with van der Waals surface area (Å²) in [5, 5.41) is 9.66. The first kappa shape index (κ1) is 22.7. The number of hydrogen-bond acceptors (Lipinski definition) is 4. The lowest BCUT2D eigenvalue weighted by molar-refractivity contribution is -0.116. The quantitative estimate of drug-likeness (QED) is 0.607. The Labute approximate surface area is 183 Å². The average Bonchev–Trinajstić information content (AvgIpc) is 2.74. The van der Waals surface area contributed by atoms with E-state index in [1.165, 1.54) is 19.3 Å². The van der Waals surface area contributed by atoms with Crippen LogP contribution in [0.1, 0.15) is 51.4 Å². The number of likely N-dealkylation sites (tertiary alicyclic amines) is 1. The van der Waals surface area contributed by atoms with Crippen LogP contribution in [0.5, 0.6) is 5.75 Å². The number of urea groups is 1. The summed E-state index contributed by atoms with van der Waals surface area (Å²) < 4.78 is 5.26. The molecular weight excluding hydrogens is 404 g/mol. The van der Waals surface area contributed by atoms with Gasteiger partial charge < -0.3 is 25.6 Å². The van der Waals surface area contributed by atoms with Crippen LogP contribution in [0.4, 0.5) is 10.5 Å². The van der Waals surface area contributed by atoms with E-state index in [4.69, 9.17) is 16.3 Å². The molecule has 0 spiro atoms. The molecular formula is C22H33ClN4O3. The van der Waals surface area contributed by atoms with Gasteiger partial charge in [-0.1, -0.05) is 30.9 Å². The Morgan fingerprint density at radius 3 is 2.40 bits per heavy atom. The molecule has 1 heterocycles. The zero-order valence-electron chi connectivity index (χ0n) is 17.7. The maximum Gasteiger partial charge on any atom is 0.315 e. The predicted molar refractivity (Wildman–Crippen MR) is 119 cm³/mol. The van der Waals surface area contributed by atoms with Crippen molar-refractivity contribution < 1.29 is 14.3 Å². The fraction of sp³-hybridized carbons (Fsp3) is 0.636. The normalized spacial score (nSPS) is 18.6. The van der Waals surface area contributed by atoms with Crippen molar-refractivity contribution in [3.8, 4) is 5.75 Å². The monoisotopic (exact) mass is 436 g/mol. The molecule has 3 rings (SSSR count). The molecule has 0 radical (unpaired) electrons. The summed E-state index contributed by atoms with van der Waals surface area (Å²) >= 11 is 6.01. The van der Waals surface area contributed by atoms with E-state index in [1.54, 1.807) is 25.3 Å². The summed E-state index contributed by atoms with van der Waals surface area (Å²) in [6, 6.07) is 5.65. The minimum Gasteiger partial charge on any atom is -0.495 e. The Morgan fingerprint density at radius 2 is 1.73 bits per heavy atom. The highest BCUT2D eigenvalue weighted by Crippen LogP contribution is 2.27. The molecule has 3 N–H and O–H groups in total. The van der Waals surface area contributed by atoms with Gasteiger partial charge >= 0.3 is 6.03 Å². The first-order chi connectivity index (χ1) is 14.5. The maximum absolute atomic E-state index is 12.3. The zero-order valence-corrected chi connectivity index (χ0v) is 18.5. The molecule has 1 saturated heterocycles. The third-order valence-corrected chi connectivity index (χ3v) is 6.19. The number of halogens is 1. The number of carbonyl (C=O) groups is 2. The number of benzene rings is 1. The van der Waals surface area contributed by atoms with Crippen LogP contribution in [0.3, 0.4) is 0 Å². The van der Waals surface area contributed by atoms with Crippen molar-refractivity contribution in [2.45, 2.75) is 63.5 Å². The highest BCUT2D eigenvalue weighted by Gasteiger charge is 2.22. The summed E-state index contributed by atoms with van der Waals surface area (Å²) in [6.45, 7) is 2.44. The molecule has 30 heavy (non-hydrogen) atoms. The third kappa shape index (κ3) is 7.06. The summed E-state index contributed by atoms with van der Waals surface area (Å²) in [7, 11) is 1.56. The minimum atomic E-state index is -0.0670. The molecule has 1 aliphatic carbocycles. The van der Waals surface area contributed by atoms with Gasteiger partial charge in [-0.3, -0.25) is 4.79 Å². The predicted octanol–water partition coefficient (Wildman–Crippen LogP) is 3.77. The van der Waals surface area contributed by atoms with Crippen molar-refractivity contribution in [2.24, 2.45) is 0 Å². The van der Waals surface area contributed by atoms with E-state index in [1.807, 2.05) is 0 Å². The standard InChI is InChI=1S/C22H33ClN4O3/c1-30-20-8-7-16(23)15-19(20)26-21(28)11-14-27-12-9-18(10-13-27)25-22(29)24-17-5-3-2-4-6-17/h7-8,15,17-18H,2-6,9-14H2,1H3,(H,26,28)(H2,24,25,29). The summed E-state index contributed by atoms with van der Waals surface area (Å²) in [4.78, 5) is 26.8. The smallest absolute Gasteiger partial charge is 0.315 e. The number of ether oxygens (including phenoxy) is 1. The molecule has 2 aliphatic rings. The van der Waals surface area contributed by atoms with Gasteiger partial charge in [0, 0.05) is 43.2 Å². The van der Waals surface area contributed by atoms with Gasteiger partial charge in [0.05, 0.1) is 12.8 Å². The topological polar surface area (TPSA) is 82.7 Å². The van der Waals surface area contributed by atoms with E-state index in [0.717, 1.165) is 38.8 Å². The number of nitrogens with one attached hydrogen (secondary N) is 3. The molecule has 166 valence electrons. The molecule has 8 heteroatoms. The number of anilines is 1. The van der Waals surface area contributed by atoms with E-state index >= 15 is 0 Å². The molecule has 1 saturated carbocycles. The maximum atomic E-state index is 12.3. The summed E-state index contributed by atoms with van der Waals surface area (Å²) in [5.74, 6) is 0.522. The van der Waals surface area contributed by atoms with Crippen LogP contribution in [-0.2, 0) is 4.79 Å². The van der Waals surface area contributed by atoms with Crippen molar-refractivity contribution in [3.05, 3.63) is 23.2 Å². The van der Waals surface area contributed by atoms with Crippen LogP contribution in [-0.4, -0.2) is 55.7 Å². The van der Waals surface area contributed by atoms with Crippen LogP contribution in [0.25, 0.3) is 0 Å². The Morgan fingerprint density at radius 1 is 1.07 bits per heavy atom. The molecule has 3 amide bonds. The fourth-order valence-corrected chi connectivity index (χ4v) is 4.38. The molecule has 2 fully saturated rings. The second-order valence-electron chi connectivity index (χ2n) is 8.21. The minimum absolute atomic E-state index is 0.0322. The molecule has 0 atom stereocenters. The van der Waals surface area contributed by atoms with Crippen molar-refractivity contribution in [1.82, 2.24) is 15.5 Å². The summed E-state index contributed by atoms with van der Waals surface area (Å²) in [5.41, 5.74) is 0.585. The Balaban J connectivity index is 1.34. The van der Waals surface area contributed by atoms with E-state index in [-0.39, 0.29) is 18.0 Å². The molecule has 1 aliphatic heterocycles. The van der Waals surface area contributed by atoms with E-state index in [0.29, 0.717) is 35.5 Å². The second-order valence-corrected chi connectivity index (χ2v) is 8.65. The molecule has 0 unspecified atom stereocenters. The van der Waals surface area contributed by atoms with Crippen molar-refractivity contribution in [1.29, 1.82) is 0 Å². The third-order valence-electron chi connectivity index (χ3n) is 5.95. The fourth-order valence-electron chi connectivity index (χ4n) is 4.21. The number of carbonyl (C=O) groups excluding carboxylic acids is 2. The molecule has 1 aromatic carbocycles. The average molecular weight is 437 g/mol. The first-order valence-corrected chi connectivity index (χ1v) is 11.3. The van der Waals surface area contributed by atoms with Crippen molar-refractivity contribution in [3.63, 3.8) is 0 Å². The van der Waals surface area contributed by atoms with Crippen molar-refractivity contribution >= 4 is 29.2 Å². The van der Waals surface area contributed by atoms with Gasteiger partial charge in [0.15, 0.2) is 0 Å². The van der Waals surface area contributed by atoms with Gasteiger partial charge in [0.1, 0.15) is 5.75 Å². The first-order valence-electron chi connectivity index (χ1n) is 11.0.